The summed E-state index contributed by atoms with van der Waals surface area (Å²) in [5, 5.41) is 18.5. The van der Waals surface area contributed by atoms with Crippen LogP contribution in [0.3, 0.4) is 0 Å². The van der Waals surface area contributed by atoms with Gasteiger partial charge in [0.15, 0.2) is 5.60 Å². The molecule has 0 bridgehead atoms. The van der Waals surface area contributed by atoms with E-state index in [4.69, 9.17) is 9.84 Å². The molecule has 0 aliphatic carbocycles. The van der Waals surface area contributed by atoms with Crippen molar-refractivity contribution in [1.82, 2.24) is 4.90 Å². The fraction of sp³-hybridized carbons (Fsp3) is 0.900. The second-order valence-electron chi connectivity index (χ2n) is 4.50. The maximum Gasteiger partial charge on any atom is 0.336 e. The molecule has 2 N–H and O–H groups in total. The number of carboxylic acid groups (broad SMARTS) is 1. The van der Waals surface area contributed by atoms with Crippen LogP contribution in [0.25, 0.3) is 0 Å². The van der Waals surface area contributed by atoms with Crippen molar-refractivity contribution in [3.05, 3.63) is 0 Å². The molecule has 1 fully saturated rings. The molecule has 15 heavy (non-hydrogen) atoms. The highest BCUT2D eigenvalue weighted by molar-refractivity contribution is 5.76. The van der Waals surface area contributed by atoms with Crippen molar-refractivity contribution in [3.8, 4) is 0 Å². The van der Waals surface area contributed by atoms with Crippen LogP contribution in [0.1, 0.15) is 20.8 Å². The number of β-amino-alcohol motifs (C(OH)–C–C–N with tert-alkyl or cyclic N) is 1. The number of rotatable bonds is 3. The summed E-state index contributed by atoms with van der Waals surface area (Å²) < 4.78 is 5.42. The molecule has 1 saturated heterocycles. The monoisotopic (exact) mass is 217 g/mol. The number of nitrogens with zero attached hydrogens (tertiary/aromatic N) is 1. The minimum absolute atomic E-state index is 0.0887. The highest BCUT2D eigenvalue weighted by Crippen LogP contribution is 2.15. The van der Waals surface area contributed by atoms with Gasteiger partial charge in [0, 0.05) is 19.1 Å². The normalized spacial score (nSPS) is 32.3. The van der Waals surface area contributed by atoms with Gasteiger partial charge in [0.1, 0.15) is 0 Å². The van der Waals surface area contributed by atoms with Crippen LogP contribution >= 0.6 is 0 Å². The third kappa shape index (κ3) is 3.15. The fourth-order valence-electron chi connectivity index (χ4n) is 1.66. The first-order chi connectivity index (χ1) is 6.83. The fourth-order valence-corrected chi connectivity index (χ4v) is 1.66. The van der Waals surface area contributed by atoms with Crippen molar-refractivity contribution in [1.29, 1.82) is 0 Å². The zero-order valence-corrected chi connectivity index (χ0v) is 9.43. The number of hydrogen-bond donors (Lipinski definition) is 2. The largest absolute Gasteiger partial charge is 0.479 e. The van der Waals surface area contributed by atoms with Crippen LogP contribution < -0.4 is 0 Å². The van der Waals surface area contributed by atoms with Gasteiger partial charge >= 0.3 is 5.97 Å². The first-order valence-electron chi connectivity index (χ1n) is 5.14. The Hall–Kier alpha value is -0.650. The third-order valence-electron chi connectivity index (χ3n) is 2.71. The van der Waals surface area contributed by atoms with Crippen molar-refractivity contribution >= 4 is 5.97 Å². The predicted molar refractivity (Wildman–Crippen MR) is 54.7 cm³/mol. The average Bonchev–Trinajstić information content (AvgIpc) is 2.10. The zero-order chi connectivity index (χ0) is 11.6. The Bertz CT molecular complexity index is 242. The average molecular weight is 217 g/mol. The molecule has 5 nitrogen and oxygen atoms in total. The first kappa shape index (κ1) is 12.4. The lowest BCUT2D eigenvalue weighted by Crippen LogP contribution is -2.55. The van der Waals surface area contributed by atoms with Gasteiger partial charge in [-0.3, -0.25) is 4.90 Å². The molecule has 3 unspecified atom stereocenters. The Balaban J connectivity index is 2.59. The van der Waals surface area contributed by atoms with E-state index in [1.54, 1.807) is 0 Å². The van der Waals surface area contributed by atoms with Crippen molar-refractivity contribution in [2.75, 3.05) is 19.7 Å². The van der Waals surface area contributed by atoms with Gasteiger partial charge in [-0.05, 0) is 20.8 Å². The lowest BCUT2D eigenvalue weighted by molar-refractivity contribution is -0.161. The summed E-state index contributed by atoms with van der Waals surface area (Å²) in [7, 11) is 0. The number of hydrogen-bond acceptors (Lipinski definition) is 4. The van der Waals surface area contributed by atoms with E-state index in [1.807, 2.05) is 18.7 Å². The number of morpholine rings is 1. The molecule has 0 saturated carbocycles. The Morgan fingerprint density at radius 3 is 2.73 bits per heavy atom. The smallest absolute Gasteiger partial charge is 0.336 e. The zero-order valence-electron chi connectivity index (χ0n) is 9.43. The lowest BCUT2D eigenvalue weighted by atomic mass is 10.0. The predicted octanol–water partition coefficient (Wildman–Crippen LogP) is -0.0688. The standard InChI is InChI=1S/C10H19NO4/c1-7-5-15-8(2)4-11(7)6-10(3,14)9(12)13/h7-8,14H,4-6H2,1-3H3,(H,12,13). The van der Waals surface area contributed by atoms with E-state index in [1.165, 1.54) is 6.92 Å². The molecule has 1 aliphatic rings. The van der Waals surface area contributed by atoms with Crippen LogP contribution in [0.15, 0.2) is 0 Å². The summed E-state index contributed by atoms with van der Waals surface area (Å²) in [5.41, 5.74) is -1.69. The lowest BCUT2D eigenvalue weighted by Gasteiger charge is -2.39. The topological polar surface area (TPSA) is 70.0 Å². The van der Waals surface area contributed by atoms with E-state index in [2.05, 4.69) is 0 Å². The van der Waals surface area contributed by atoms with Crippen molar-refractivity contribution in [3.63, 3.8) is 0 Å². The minimum Gasteiger partial charge on any atom is -0.479 e. The molecular weight excluding hydrogens is 198 g/mol. The molecule has 0 aromatic carbocycles. The highest BCUT2D eigenvalue weighted by Gasteiger charge is 2.35. The first-order valence-corrected chi connectivity index (χ1v) is 5.14. The summed E-state index contributed by atoms with van der Waals surface area (Å²) in [6.07, 6.45) is 0.0887. The molecule has 1 rings (SSSR count). The van der Waals surface area contributed by atoms with Crippen molar-refractivity contribution in [2.24, 2.45) is 0 Å². The second-order valence-corrected chi connectivity index (χ2v) is 4.50. The molecular formula is C10H19NO4. The Kier molecular flexibility index (Phi) is 3.70. The Morgan fingerprint density at radius 2 is 2.20 bits per heavy atom. The van der Waals surface area contributed by atoms with Crippen molar-refractivity contribution in [2.45, 2.75) is 38.5 Å². The molecule has 5 heteroatoms. The number of carbonyl (C=O) groups is 1. The van der Waals surface area contributed by atoms with Gasteiger partial charge in [0.2, 0.25) is 0 Å². The molecule has 1 heterocycles. The summed E-state index contributed by atoms with van der Waals surface area (Å²) in [6.45, 7) is 6.60. The maximum atomic E-state index is 10.8. The summed E-state index contributed by atoms with van der Waals surface area (Å²) in [4.78, 5) is 12.7. The van der Waals surface area contributed by atoms with Crippen LogP contribution in [-0.4, -0.2) is 58.5 Å². The molecule has 1 aliphatic heterocycles. The van der Waals surface area contributed by atoms with Crippen LogP contribution in [0.5, 0.6) is 0 Å². The second kappa shape index (κ2) is 4.47. The van der Waals surface area contributed by atoms with Gasteiger partial charge in [0.05, 0.1) is 12.7 Å². The molecule has 0 spiro atoms. The Morgan fingerprint density at radius 1 is 1.60 bits per heavy atom. The van der Waals surface area contributed by atoms with E-state index in [-0.39, 0.29) is 18.7 Å². The highest BCUT2D eigenvalue weighted by atomic mass is 16.5. The summed E-state index contributed by atoms with van der Waals surface area (Å²) in [6, 6.07) is 0.145. The summed E-state index contributed by atoms with van der Waals surface area (Å²) in [5.74, 6) is -1.19. The maximum absolute atomic E-state index is 10.8. The van der Waals surface area contributed by atoms with E-state index >= 15 is 0 Å². The van der Waals surface area contributed by atoms with Gasteiger partial charge in [-0.1, -0.05) is 0 Å². The van der Waals surface area contributed by atoms with Gasteiger partial charge in [0.25, 0.3) is 0 Å². The van der Waals surface area contributed by atoms with E-state index in [0.717, 1.165) is 0 Å². The van der Waals surface area contributed by atoms with E-state index < -0.39 is 11.6 Å². The van der Waals surface area contributed by atoms with Crippen LogP contribution in [0.2, 0.25) is 0 Å². The molecule has 0 aromatic rings. The van der Waals surface area contributed by atoms with Gasteiger partial charge < -0.3 is 14.9 Å². The van der Waals surface area contributed by atoms with Crippen molar-refractivity contribution < 1.29 is 19.7 Å². The van der Waals surface area contributed by atoms with Gasteiger partial charge in [-0.15, -0.1) is 0 Å². The van der Waals surface area contributed by atoms with E-state index in [0.29, 0.717) is 13.2 Å². The quantitative estimate of drug-likeness (QED) is 0.692. The number of carboxylic acids is 1. The van der Waals surface area contributed by atoms with Gasteiger partial charge in [-0.2, -0.15) is 0 Å². The Labute approximate surface area is 89.6 Å². The summed E-state index contributed by atoms with van der Waals surface area (Å²) >= 11 is 0. The number of aliphatic carboxylic acids is 1. The molecule has 0 amide bonds. The van der Waals surface area contributed by atoms with Crippen LogP contribution in [0, 0.1) is 0 Å². The molecule has 88 valence electrons. The third-order valence-corrected chi connectivity index (χ3v) is 2.71. The van der Waals surface area contributed by atoms with Crippen LogP contribution in [-0.2, 0) is 9.53 Å². The molecule has 0 radical (unpaired) electrons. The van der Waals surface area contributed by atoms with E-state index in [9.17, 15) is 9.90 Å². The minimum atomic E-state index is -1.69. The number of aliphatic hydroxyl groups is 1. The van der Waals surface area contributed by atoms with Gasteiger partial charge in [-0.25, -0.2) is 4.79 Å². The number of ether oxygens (including phenoxy) is 1. The van der Waals surface area contributed by atoms with Crippen LogP contribution in [0.4, 0.5) is 0 Å². The molecule has 0 aromatic heterocycles. The SMILES string of the molecule is CC1CN(CC(C)(O)C(=O)O)C(C)CO1. The molecule has 3 atom stereocenters.